The highest BCUT2D eigenvalue weighted by atomic mass is 16.7. The molecule has 0 amide bonds. The summed E-state index contributed by atoms with van der Waals surface area (Å²) in [6, 6.07) is 0. The summed E-state index contributed by atoms with van der Waals surface area (Å²) in [7, 11) is 0. The molecule has 0 bridgehead atoms. The first kappa shape index (κ1) is 14.7. The molecule has 3 heteroatoms. The van der Waals surface area contributed by atoms with Crippen molar-refractivity contribution in [3.63, 3.8) is 0 Å². The summed E-state index contributed by atoms with van der Waals surface area (Å²) in [6.07, 6.45) is 5.05. The van der Waals surface area contributed by atoms with Crippen molar-refractivity contribution in [3.8, 4) is 0 Å². The van der Waals surface area contributed by atoms with E-state index in [1.54, 1.807) is 0 Å². The Hall–Kier alpha value is -0.410. The number of hydrogen-bond donors (Lipinski definition) is 0. The Labute approximate surface area is 106 Å². The average Bonchev–Trinajstić information content (AvgIpc) is 2.18. The molecule has 100 valence electrons. The van der Waals surface area contributed by atoms with Crippen molar-refractivity contribution in [2.24, 2.45) is 10.4 Å². The van der Waals surface area contributed by atoms with E-state index < -0.39 is 0 Å². The molecule has 3 nitrogen and oxygen atoms in total. The molecule has 0 aromatic heterocycles. The Morgan fingerprint density at radius 1 is 1.24 bits per heavy atom. The lowest BCUT2D eigenvalue weighted by Crippen LogP contribution is -2.37. The third-order valence-electron chi connectivity index (χ3n) is 2.57. The van der Waals surface area contributed by atoms with Crippen LogP contribution in [0.1, 0.15) is 53.9 Å². The van der Waals surface area contributed by atoms with Crippen molar-refractivity contribution in [1.29, 1.82) is 0 Å². The van der Waals surface area contributed by atoms with Gasteiger partial charge in [0.25, 0.3) is 0 Å². The quantitative estimate of drug-likeness (QED) is 0.557. The van der Waals surface area contributed by atoms with Gasteiger partial charge in [0, 0.05) is 5.41 Å². The first-order valence-electron chi connectivity index (χ1n) is 6.55. The summed E-state index contributed by atoms with van der Waals surface area (Å²) in [6.45, 7) is 12.3. The van der Waals surface area contributed by atoms with Crippen molar-refractivity contribution in [1.82, 2.24) is 0 Å². The van der Waals surface area contributed by atoms with Gasteiger partial charge in [-0.15, -0.1) is 0 Å². The monoisotopic (exact) mass is 241 g/mol. The lowest BCUT2D eigenvalue weighted by atomic mass is 9.95. The van der Waals surface area contributed by atoms with Gasteiger partial charge in [-0.1, -0.05) is 13.8 Å². The minimum atomic E-state index is -0.00828. The number of unbranched alkanes of at least 4 members (excludes halogenated alkanes) is 1. The molecule has 0 aliphatic carbocycles. The van der Waals surface area contributed by atoms with Crippen LogP contribution in [0.5, 0.6) is 0 Å². The van der Waals surface area contributed by atoms with Crippen LogP contribution >= 0.6 is 0 Å². The molecule has 1 rings (SSSR count). The molecule has 0 N–H and O–H groups in total. The van der Waals surface area contributed by atoms with Gasteiger partial charge in [-0.25, -0.2) is 0 Å². The molecule has 0 aromatic carbocycles. The molecule has 1 aliphatic rings. The molecule has 0 spiro atoms. The minimum Gasteiger partial charge on any atom is -0.352 e. The fraction of sp³-hybridized carbons (Fsp3) is 0.929. The van der Waals surface area contributed by atoms with Gasteiger partial charge >= 0.3 is 0 Å². The van der Waals surface area contributed by atoms with E-state index in [-0.39, 0.29) is 17.2 Å². The van der Waals surface area contributed by atoms with E-state index >= 15 is 0 Å². The maximum absolute atomic E-state index is 5.67. The zero-order valence-electron chi connectivity index (χ0n) is 12.0. The molecule has 1 heterocycles. The minimum absolute atomic E-state index is 0.00828. The summed E-state index contributed by atoms with van der Waals surface area (Å²) in [5.74, 6) is 0. The van der Waals surface area contributed by atoms with Gasteiger partial charge < -0.3 is 9.47 Å². The van der Waals surface area contributed by atoms with Crippen LogP contribution in [0.3, 0.4) is 0 Å². The van der Waals surface area contributed by atoms with Crippen LogP contribution < -0.4 is 0 Å². The van der Waals surface area contributed by atoms with E-state index in [1.165, 1.54) is 0 Å². The van der Waals surface area contributed by atoms with Crippen LogP contribution in [0.15, 0.2) is 4.99 Å². The van der Waals surface area contributed by atoms with E-state index in [0.29, 0.717) is 0 Å². The maximum Gasteiger partial charge on any atom is 0.157 e. The highest BCUT2D eigenvalue weighted by Crippen LogP contribution is 2.24. The predicted octanol–water partition coefficient (Wildman–Crippen LogP) is 3.43. The van der Waals surface area contributed by atoms with E-state index in [2.05, 4.69) is 39.6 Å². The third-order valence-corrected chi connectivity index (χ3v) is 2.57. The van der Waals surface area contributed by atoms with Crippen LogP contribution in [0.2, 0.25) is 0 Å². The van der Waals surface area contributed by atoms with Crippen LogP contribution in [-0.4, -0.2) is 31.3 Å². The second-order valence-electron chi connectivity index (χ2n) is 6.63. The van der Waals surface area contributed by atoms with Gasteiger partial charge in [-0.2, -0.15) is 0 Å². The number of hydrogen-bond acceptors (Lipinski definition) is 3. The standard InChI is InChI=1S/C14H27NO2/c1-13(2,3)15-9-7-6-8-12-16-10-14(4,5)11-17-12/h9,12H,6-8,10-11H2,1-5H3. The largest absolute Gasteiger partial charge is 0.352 e. The molecule has 1 saturated heterocycles. The lowest BCUT2D eigenvalue weighted by molar-refractivity contribution is -0.223. The van der Waals surface area contributed by atoms with E-state index in [1.807, 2.05) is 6.21 Å². The number of ether oxygens (including phenoxy) is 2. The summed E-state index contributed by atoms with van der Waals surface area (Å²) in [5, 5.41) is 0. The second kappa shape index (κ2) is 5.96. The topological polar surface area (TPSA) is 30.8 Å². The van der Waals surface area contributed by atoms with Crippen molar-refractivity contribution in [3.05, 3.63) is 0 Å². The highest BCUT2D eigenvalue weighted by Gasteiger charge is 2.27. The Bertz CT molecular complexity index is 243. The van der Waals surface area contributed by atoms with Crippen molar-refractivity contribution in [2.75, 3.05) is 13.2 Å². The van der Waals surface area contributed by atoms with Gasteiger partial charge in [0.2, 0.25) is 0 Å². The predicted molar refractivity (Wildman–Crippen MR) is 71.6 cm³/mol. The van der Waals surface area contributed by atoms with E-state index in [9.17, 15) is 0 Å². The lowest BCUT2D eigenvalue weighted by Gasteiger charge is -2.34. The molecule has 0 unspecified atom stereocenters. The molecule has 0 atom stereocenters. The van der Waals surface area contributed by atoms with Crippen molar-refractivity contribution in [2.45, 2.75) is 65.7 Å². The number of rotatable bonds is 4. The van der Waals surface area contributed by atoms with Gasteiger partial charge in [0.05, 0.1) is 18.8 Å². The average molecular weight is 241 g/mol. The maximum atomic E-state index is 5.67. The molecule has 1 aliphatic heterocycles. The number of aliphatic imine (C=N–C) groups is 1. The summed E-state index contributed by atoms with van der Waals surface area (Å²) in [5.41, 5.74) is 0.214. The Balaban J connectivity index is 2.10. The molecular weight excluding hydrogens is 214 g/mol. The molecule has 0 aromatic rings. The normalized spacial score (nSPS) is 22.2. The van der Waals surface area contributed by atoms with Crippen LogP contribution in [0, 0.1) is 5.41 Å². The molecule has 0 saturated carbocycles. The van der Waals surface area contributed by atoms with Gasteiger partial charge in [0.15, 0.2) is 6.29 Å². The zero-order valence-corrected chi connectivity index (χ0v) is 12.0. The van der Waals surface area contributed by atoms with Gasteiger partial charge in [-0.05, 0) is 46.2 Å². The molecule has 0 radical (unpaired) electrons. The van der Waals surface area contributed by atoms with Gasteiger partial charge in [0.1, 0.15) is 0 Å². The number of nitrogens with zero attached hydrogens (tertiary/aromatic N) is 1. The first-order chi connectivity index (χ1) is 7.79. The highest BCUT2D eigenvalue weighted by molar-refractivity contribution is 5.57. The van der Waals surface area contributed by atoms with Crippen LogP contribution in [0.25, 0.3) is 0 Å². The van der Waals surface area contributed by atoms with Crippen molar-refractivity contribution >= 4 is 6.21 Å². The SMILES string of the molecule is CC1(C)COC(CCCC=NC(C)(C)C)OC1. The summed E-state index contributed by atoms with van der Waals surface area (Å²) in [4.78, 5) is 4.46. The van der Waals surface area contributed by atoms with Crippen LogP contribution in [0.4, 0.5) is 0 Å². The van der Waals surface area contributed by atoms with E-state index in [4.69, 9.17) is 9.47 Å². The molecule has 17 heavy (non-hydrogen) atoms. The van der Waals surface area contributed by atoms with Crippen molar-refractivity contribution < 1.29 is 9.47 Å². The second-order valence-corrected chi connectivity index (χ2v) is 6.63. The summed E-state index contributed by atoms with van der Waals surface area (Å²) < 4.78 is 11.3. The fourth-order valence-corrected chi connectivity index (χ4v) is 1.61. The first-order valence-corrected chi connectivity index (χ1v) is 6.55. The zero-order chi connectivity index (χ0) is 12.9. The Morgan fingerprint density at radius 3 is 2.35 bits per heavy atom. The Morgan fingerprint density at radius 2 is 1.82 bits per heavy atom. The van der Waals surface area contributed by atoms with E-state index in [0.717, 1.165) is 32.5 Å². The fourth-order valence-electron chi connectivity index (χ4n) is 1.61. The summed E-state index contributed by atoms with van der Waals surface area (Å²) >= 11 is 0. The van der Waals surface area contributed by atoms with Gasteiger partial charge in [-0.3, -0.25) is 4.99 Å². The smallest absolute Gasteiger partial charge is 0.157 e. The third kappa shape index (κ3) is 6.79. The van der Waals surface area contributed by atoms with Crippen LogP contribution in [-0.2, 0) is 9.47 Å². The molecular formula is C14H27NO2. The Kier molecular flexibility index (Phi) is 5.14. The molecule has 1 fully saturated rings.